The smallest absolute Gasteiger partial charge is 0.00259 e. The molecule has 2 aliphatic carbocycles. The average molecular weight is 607 g/mol. The van der Waals surface area contributed by atoms with Gasteiger partial charge in [0.25, 0.3) is 0 Å². The Bertz CT molecular complexity index is 2670. The second-order valence-corrected chi connectivity index (χ2v) is 13.7. The van der Waals surface area contributed by atoms with Crippen LogP contribution in [0.15, 0.2) is 146 Å². The first kappa shape index (κ1) is 26.1. The zero-order valence-corrected chi connectivity index (χ0v) is 26.9. The third-order valence-electron chi connectivity index (χ3n) is 11.3. The van der Waals surface area contributed by atoms with Crippen LogP contribution >= 0.6 is 0 Å². The van der Waals surface area contributed by atoms with E-state index < -0.39 is 0 Å². The van der Waals surface area contributed by atoms with Crippen molar-refractivity contribution in [2.45, 2.75) is 13.8 Å². The largest absolute Gasteiger partial charge is 0.0622 e. The normalized spacial score (nSPS) is 12.4. The zero-order chi connectivity index (χ0) is 31.7. The van der Waals surface area contributed by atoms with Crippen LogP contribution in [-0.2, 0) is 0 Å². The van der Waals surface area contributed by atoms with Crippen molar-refractivity contribution in [2.75, 3.05) is 0 Å². The highest BCUT2D eigenvalue weighted by Crippen LogP contribution is 2.53. The molecule has 0 fully saturated rings. The Morgan fingerprint density at radius 2 is 0.646 bits per heavy atom. The van der Waals surface area contributed by atoms with Crippen molar-refractivity contribution in [3.63, 3.8) is 0 Å². The van der Waals surface area contributed by atoms with Crippen molar-refractivity contribution in [3.05, 3.63) is 157 Å². The molecule has 2 aliphatic rings. The minimum Gasteiger partial charge on any atom is -0.0622 e. The van der Waals surface area contributed by atoms with Gasteiger partial charge in [0.15, 0.2) is 0 Å². The fraction of sp³-hybridized carbons (Fsp3) is 0.0417. The summed E-state index contributed by atoms with van der Waals surface area (Å²) in [5.41, 5.74) is 18.6. The predicted octanol–water partition coefficient (Wildman–Crippen LogP) is 13.5. The van der Waals surface area contributed by atoms with E-state index in [0.29, 0.717) is 0 Å². The number of rotatable bonds is 2. The Kier molecular flexibility index (Phi) is 5.07. The molecule has 0 atom stereocenters. The fourth-order valence-corrected chi connectivity index (χ4v) is 8.95. The van der Waals surface area contributed by atoms with Gasteiger partial charge in [0.05, 0.1) is 0 Å². The molecule has 11 rings (SSSR count). The molecular formula is C48H30. The lowest BCUT2D eigenvalue weighted by Gasteiger charge is -2.16. The second kappa shape index (κ2) is 9.31. The van der Waals surface area contributed by atoms with Crippen molar-refractivity contribution >= 4 is 43.1 Å². The van der Waals surface area contributed by atoms with E-state index in [1.165, 1.54) is 121 Å². The van der Waals surface area contributed by atoms with E-state index in [4.69, 9.17) is 0 Å². The Balaban J connectivity index is 1.17. The van der Waals surface area contributed by atoms with Gasteiger partial charge in [-0.05, 0) is 183 Å². The van der Waals surface area contributed by atoms with Gasteiger partial charge in [0.2, 0.25) is 0 Å². The summed E-state index contributed by atoms with van der Waals surface area (Å²) < 4.78 is 0. The van der Waals surface area contributed by atoms with E-state index in [9.17, 15) is 0 Å². The molecule has 0 heteroatoms. The molecule has 0 unspecified atom stereocenters. The lowest BCUT2D eigenvalue weighted by molar-refractivity contribution is 1.52. The molecule has 222 valence electrons. The summed E-state index contributed by atoms with van der Waals surface area (Å²) in [6.07, 6.45) is 0. The number of aryl methyl sites for hydroxylation is 2. The first-order valence-corrected chi connectivity index (χ1v) is 16.9. The quantitative estimate of drug-likeness (QED) is 0.172. The molecule has 0 radical (unpaired) electrons. The Hall–Kier alpha value is -5.98. The number of hydrogen-bond donors (Lipinski definition) is 0. The molecule has 0 aliphatic heterocycles. The van der Waals surface area contributed by atoms with Crippen molar-refractivity contribution in [2.24, 2.45) is 0 Å². The molecule has 0 N–H and O–H groups in total. The molecule has 0 amide bonds. The van der Waals surface area contributed by atoms with Crippen molar-refractivity contribution < 1.29 is 0 Å². The monoisotopic (exact) mass is 606 g/mol. The van der Waals surface area contributed by atoms with Crippen LogP contribution in [0.4, 0.5) is 0 Å². The molecule has 0 nitrogen and oxygen atoms in total. The summed E-state index contributed by atoms with van der Waals surface area (Å²) in [6, 6.07) is 54.7. The molecule has 0 aromatic heterocycles. The third-order valence-corrected chi connectivity index (χ3v) is 11.3. The van der Waals surface area contributed by atoms with Crippen LogP contribution in [0.3, 0.4) is 0 Å². The zero-order valence-electron chi connectivity index (χ0n) is 26.9. The number of hydrogen-bond acceptors (Lipinski definition) is 0. The first-order valence-electron chi connectivity index (χ1n) is 16.9. The summed E-state index contributed by atoms with van der Waals surface area (Å²) in [5.74, 6) is 0. The van der Waals surface area contributed by atoms with Crippen LogP contribution in [0.2, 0.25) is 0 Å². The van der Waals surface area contributed by atoms with E-state index >= 15 is 0 Å². The first-order chi connectivity index (χ1) is 23.6. The molecule has 0 bridgehead atoms. The summed E-state index contributed by atoms with van der Waals surface area (Å²) in [4.78, 5) is 0. The van der Waals surface area contributed by atoms with E-state index in [0.717, 1.165) is 0 Å². The molecule has 48 heavy (non-hydrogen) atoms. The van der Waals surface area contributed by atoms with Crippen LogP contribution in [0.25, 0.3) is 110 Å². The molecular weight excluding hydrogens is 577 g/mol. The number of benzene rings is 9. The maximum absolute atomic E-state index is 2.49. The molecule has 9 aromatic carbocycles. The molecule has 0 heterocycles. The lowest BCUT2D eigenvalue weighted by atomic mass is 9.87. The Morgan fingerprint density at radius 3 is 1.04 bits per heavy atom. The van der Waals surface area contributed by atoms with E-state index in [-0.39, 0.29) is 0 Å². The highest BCUT2D eigenvalue weighted by molar-refractivity contribution is 6.22. The summed E-state index contributed by atoms with van der Waals surface area (Å²) in [6.45, 7) is 4.66. The van der Waals surface area contributed by atoms with Gasteiger partial charge in [-0.1, -0.05) is 97.1 Å². The van der Waals surface area contributed by atoms with Crippen LogP contribution in [-0.4, -0.2) is 0 Å². The van der Waals surface area contributed by atoms with Crippen LogP contribution < -0.4 is 0 Å². The predicted molar refractivity (Wildman–Crippen MR) is 206 cm³/mol. The maximum atomic E-state index is 2.49. The second-order valence-electron chi connectivity index (χ2n) is 13.7. The molecule has 0 spiro atoms. The summed E-state index contributed by atoms with van der Waals surface area (Å²) >= 11 is 0. The molecule has 0 saturated carbocycles. The fourth-order valence-electron chi connectivity index (χ4n) is 8.95. The van der Waals surface area contributed by atoms with E-state index in [1.54, 1.807) is 0 Å². The minimum absolute atomic E-state index is 1.26. The van der Waals surface area contributed by atoms with Gasteiger partial charge in [-0.15, -0.1) is 0 Å². The number of fused-ring (bicyclic) bond motifs is 8. The van der Waals surface area contributed by atoms with Gasteiger partial charge in [0, 0.05) is 0 Å². The third kappa shape index (κ3) is 3.39. The lowest BCUT2D eigenvalue weighted by Crippen LogP contribution is -1.91. The van der Waals surface area contributed by atoms with Gasteiger partial charge < -0.3 is 0 Å². The van der Waals surface area contributed by atoms with E-state index in [2.05, 4.69) is 159 Å². The summed E-state index contributed by atoms with van der Waals surface area (Å²) in [5, 5.41) is 10.8. The van der Waals surface area contributed by atoms with Crippen molar-refractivity contribution in [1.29, 1.82) is 0 Å². The molecule has 0 saturated heterocycles. The van der Waals surface area contributed by atoms with Crippen LogP contribution in [0, 0.1) is 13.8 Å². The highest BCUT2D eigenvalue weighted by atomic mass is 14.3. The van der Waals surface area contributed by atoms with Gasteiger partial charge in [-0.3, -0.25) is 0 Å². The standard InChI is InChI=1S/C48H30/c1-27-37-23-41-35-17-9-15-31-19-34(30-13-7-4-8-14-30)22-46(47(31)35)44(41)26-40(37)28(2)38-24-42-36-18-10-16-32-20-33(29-11-5-3-6-12-29)21-45(48(32)36)43(42)25-39(27)38/h3-26H,1-2H3. The Labute approximate surface area is 279 Å². The van der Waals surface area contributed by atoms with Crippen molar-refractivity contribution in [1.82, 2.24) is 0 Å². The average Bonchev–Trinajstić information content (AvgIpc) is 3.63. The van der Waals surface area contributed by atoms with Crippen molar-refractivity contribution in [3.8, 4) is 66.8 Å². The Morgan fingerprint density at radius 1 is 0.271 bits per heavy atom. The highest BCUT2D eigenvalue weighted by Gasteiger charge is 2.27. The SMILES string of the molecule is Cc1c2cc3c(cc2c(C)c2cc4c(cc12)-c1cc(-c2ccccc2)cc2cccc-4c12)-c1cc(-c2ccccc2)cc2cccc-3c12. The van der Waals surface area contributed by atoms with E-state index in [1.807, 2.05) is 0 Å². The van der Waals surface area contributed by atoms with Gasteiger partial charge in [0.1, 0.15) is 0 Å². The molecule has 9 aromatic rings. The van der Waals surface area contributed by atoms with Gasteiger partial charge >= 0.3 is 0 Å². The minimum atomic E-state index is 1.26. The maximum Gasteiger partial charge on any atom is -0.00259 e. The topological polar surface area (TPSA) is 0 Å². The van der Waals surface area contributed by atoms with Crippen LogP contribution in [0.5, 0.6) is 0 Å². The van der Waals surface area contributed by atoms with Crippen LogP contribution in [0.1, 0.15) is 11.1 Å². The van der Waals surface area contributed by atoms with Gasteiger partial charge in [-0.25, -0.2) is 0 Å². The summed E-state index contributed by atoms with van der Waals surface area (Å²) in [7, 11) is 0. The van der Waals surface area contributed by atoms with Gasteiger partial charge in [-0.2, -0.15) is 0 Å².